The molecule has 4 nitrogen and oxygen atoms in total. The molecule has 0 saturated heterocycles. The molecule has 0 aliphatic carbocycles. The normalized spacial score (nSPS) is 9.20. The topological polar surface area (TPSA) is 66.7 Å². The third-order valence-electron chi connectivity index (χ3n) is 0.893. The minimum absolute atomic E-state index is 0.134. The molecule has 0 aliphatic heterocycles. The lowest BCUT2D eigenvalue weighted by Gasteiger charge is -1.79. The lowest BCUT2D eigenvalue weighted by Crippen LogP contribution is -1.89. The van der Waals surface area contributed by atoms with Crippen LogP contribution in [0.5, 0.6) is 0 Å². The number of aromatic carboxylic acids is 1. The number of hydrogen-bond donors (Lipinski definition) is 1. The Hall–Kier alpha value is -1.23. The van der Waals surface area contributed by atoms with Crippen molar-refractivity contribution in [3.8, 4) is 0 Å². The van der Waals surface area contributed by atoms with Gasteiger partial charge >= 0.3 is 5.97 Å². The quantitative estimate of drug-likeness (QED) is 0.666. The third-order valence-corrected chi connectivity index (χ3v) is 1.84. The van der Waals surface area contributed by atoms with E-state index in [0.29, 0.717) is 0 Å². The predicted octanol–water partition coefficient (Wildman–Crippen LogP) is 1.84. The van der Waals surface area contributed by atoms with Crippen molar-refractivity contribution in [2.75, 3.05) is 0 Å². The Balaban J connectivity index is 2.98. The first-order chi connectivity index (χ1) is 4.74. The van der Waals surface area contributed by atoms with E-state index >= 15 is 0 Å². The average molecular weight is 157 g/mol. The first-order valence-electron chi connectivity index (χ1n) is 2.40. The van der Waals surface area contributed by atoms with Gasteiger partial charge in [0.05, 0.1) is 0 Å². The van der Waals surface area contributed by atoms with E-state index in [0.717, 1.165) is 11.3 Å². The van der Waals surface area contributed by atoms with Gasteiger partial charge in [0.25, 0.3) is 0 Å². The number of carbonyl (C=O) groups is 1. The van der Waals surface area contributed by atoms with Crippen LogP contribution in [0.1, 0.15) is 9.67 Å². The molecule has 0 bridgehead atoms. The van der Waals surface area contributed by atoms with E-state index in [2.05, 4.69) is 5.18 Å². The highest BCUT2D eigenvalue weighted by Gasteiger charge is 2.05. The number of carboxylic acids is 1. The molecule has 0 aromatic carbocycles. The van der Waals surface area contributed by atoms with Crippen molar-refractivity contribution in [3.63, 3.8) is 0 Å². The second-order valence-corrected chi connectivity index (χ2v) is 2.60. The van der Waals surface area contributed by atoms with Crippen LogP contribution in [-0.4, -0.2) is 11.1 Å². The van der Waals surface area contributed by atoms with Gasteiger partial charge in [0.2, 0.25) is 0 Å². The number of hydrogen-bond acceptors (Lipinski definition) is 4. The second-order valence-electron chi connectivity index (χ2n) is 1.53. The summed E-state index contributed by atoms with van der Waals surface area (Å²) >= 11 is 0.862. The number of rotatable bonds is 2. The fraction of sp³-hybridized carbons (Fsp3) is 0. The first kappa shape index (κ1) is 6.88. The van der Waals surface area contributed by atoms with Gasteiger partial charge in [-0.15, -0.1) is 16.2 Å². The van der Waals surface area contributed by atoms with E-state index in [1.54, 1.807) is 0 Å². The second kappa shape index (κ2) is 2.57. The van der Waals surface area contributed by atoms with Gasteiger partial charge in [-0.05, 0) is 17.3 Å². The zero-order chi connectivity index (χ0) is 7.56. The van der Waals surface area contributed by atoms with E-state index < -0.39 is 5.97 Å². The van der Waals surface area contributed by atoms with E-state index in [1.807, 2.05) is 0 Å². The van der Waals surface area contributed by atoms with Crippen LogP contribution < -0.4 is 0 Å². The van der Waals surface area contributed by atoms with Crippen molar-refractivity contribution < 1.29 is 9.90 Å². The summed E-state index contributed by atoms with van der Waals surface area (Å²) < 4.78 is 0. The van der Waals surface area contributed by atoms with Crippen LogP contribution in [-0.2, 0) is 0 Å². The molecule has 0 amide bonds. The van der Waals surface area contributed by atoms with Gasteiger partial charge in [0, 0.05) is 0 Å². The van der Waals surface area contributed by atoms with Crippen molar-refractivity contribution in [1.82, 2.24) is 0 Å². The molecule has 0 atom stereocenters. The predicted molar refractivity (Wildman–Crippen MR) is 36.7 cm³/mol. The lowest BCUT2D eigenvalue weighted by atomic mass is 10.5. The average Bonchev–Trinajstić information content (AvgIpc) is 2.34. The molecule has 1 aromatic rings. The first-order valence-corrected chi connectivity index (χ1v) is 3.22. The summed E-state index contributed by atoms with van der Waals surface area (Å²) in [6, 6.07) is 2.73. The minimum Gasteiger partial charge on any atom is -0.477 e. The molecule has 0 radical (unpaired) electrons. The summed E-state index contributed by atoms with van der Waals surface area (Å²) in [5, 5.41) is 11.1. The van der Waals surface area contributed by atoms with Crippen LogP contribution >= 0.6 is 11.3 Å². The van der Waals surface area contributed by atoms with Crippen molar-refractivity contribution >= 4 is 22.3 Å². The van der Waals surface area contributed by atoms with Crippen LogP contribution in [0, 0.1) is 4.91 Å². The molecule has 0 aliphatic rings. The number of nitroso groups, excluding NO2 is 1. The molecule has 0 spiro atoms. The van der Waals surface area contributed by atoms with Crippen molar-refractivity contribution in [2.24, 2.45) is 5.18 Å². The molecule has 1 N–H and O–H groups in total. The lowest BCUT2D eigenvalue weighted by molar-refractivity contribution is 0.0702. The Morgan fingerprint density at radius 2 is 2.30 bits per heavy atom. The molecule has 52 valence electrons. The summed E-state index contributed by atoms with van der Waals surface area (Å²) in [6.07, 6.45) is 0. The summed E-state index contributed by atoms with van der Waals surface area (Å²) in [4.78, 5) is 20.1. The fourth-order valence-corrected chi connectivity index (χ4v) is 1.11. The Bertz CT molecular complexity index is 268. The molecule has 1 aromatic heterocycles. The summed E-state index contributed by atoms with van der Waals surface area (Å²) in [6.45, 7) is 0. The Morgan fingerprint density at radius 1 is 1.60 bits per heavy atom. The van der Waals surface area contributed by atoms with Crippen LogP contribution in [0.4, 0.5) is 5.00 Å². The van der Waals surface area contributed by atoms with Crippen LogP contribution in [0.3, 0.4) is 0 Å². The largest absolute Gasteiger partial charge is 0.477 e. The van der Waals surface area contributed by atoms with E-state index in [4.69, 9.17) is 5.11 Å². The van der Waals surface area contributed by atoms with Gasteiger partial charge < -0.3 is 5.11 Å². The van der Waals surface area contributed by atoms with Crippen molar-refractivity contribution in [3.05, 3.63) is 21.9 Å². The smallest absolute Gasteiger partial charge is 0.345 e. The SMILES string of the molecule is O=Nc1ccc(C(=O)O)s1. The summed E-state index contributed by atoms with van der Waals surface area (Å²) in [5.41, 5.74) is 0. The summed E-state index contributed by atoms with van der Waals surface area (Å²) in [7, 11) is 0. The highest BCUT2D eigenvalue weighted by molar-refractivity contribution is 7.17. The molecule has 0 unspecified atom stereocenters. The number of thiophene rings is 1. The van der Waals surface area contributed by atoms with Gasteiger partial charge in [-0.2, -0.15) is 0 Å². The Labute approximate surface area is 60.1 Å². The fourth-order valence-electron chi connectivity index (χ4n) is 0.492. The highest BCUT2D eigenvalue weighted by Crippen LogP contribution is 2.23. The monoisotopic (exact) mass is 157 g/mol. The Morgan fingerprint density at radius 3 is 2.60 bits per heavy atom. The van der Waals surface area contributed by atoms with E-state index in [9.17, 15) is 9.70 Å². The molecular formula is C5H3NO3S. The maximum Gasteiger partial charge on any atom is 0.345 e. The van der Waals surface area contributed by atoms with Gasteiger partial charge in [-0.25, -0.2) is 4.79 Å². The van der Waals surface area contributed by atoms with Gasteiger partial charge in [-0.1, -0.05) is 0 Å². The number of nitrogens with zero attached hydrogens (tertiary/aromatic N) is 1. The van der Waals surface area contributed by atoms with Crippen molar-refractivity contribution in [2.45, 2.75) is 0 Å². The van der Waals surface area contributed by atoms with Gasteiger partial charge in [0.15, 0.2) is 5.00 Å². The van der Waals surface area contributed by atoms with Gasteiger partial charge in [0.1, 0.15) is 4.88 Å². The third kappa shape index (κ3) is 1.19. The maximum atomic E-state index is 10.2. The highest BCUT2D eigenvalue weighted by atomic mass is 32.1. The molecular weight excluding hydrogens is 154 g/mol. The zero-order valence-electron chi connectivity index (χ0n) is 4.77. The van der Waals surface area contributed by atoms with Crippen molar-refractivity contribution in [1.29, 1.82) is 0 Å². The molecule has 1 rings (SSSR count). The minimum atomic E-state index is -1.03. The zero-order valence-corrected chi connectivity index (χ0v) is 5.59. The molecule has 10 heavy (non-hydrogen) atoms. The van der Waals surface area contributed by atoms with Crippen LogP contribution in [0.2, 0.25) is 0 Å². The van der Waals surface area contributed by atoms with E-state index in [-0.39, 0.29) is 9.88 Å². The van der Waals surface area contributed by atoms with Crippen LogP contribution in [0.25, 0.3) is 0 Å². The standard InChI is InChI=1S/C5H3NO3S/c7-5(8)3-1-2-4(6-9)10-3/h1-2H,(H,7,8). The molecule has 0 saturated carbocycles. The van der Waals surface area contributed by atoms with E-state index in [1.165, 1.54) is 12.1 Å². The Kier molecular flexibility index (Phi) is 1.77. The molecule has 1 heterocycles. The summed E-state index contributed by atoms with van der Waals surface area (Å²) in [5.74, 6) is -1.03. The molecule has 5 heteroatoms. The maximum absolute atomic E-state index is 10.2. The van der Waals surface area contributed by atoms with Crippen LogP contribution in [0.15, 0.2) is 17.3 Å². The number of carboxylic acid groups (broad SMARTS) is 1. The molecule has 0 fully saturated rings. The van der Waals surface area contributed by atoms with Gasteiger partial charge in [-0.3, -0.25) is 0 Å².